The van der Waals surface area contributed by atoms with Crippen molar-refractivity contribution in [3.8, 4) is 11.5 Å². The Hall–Kier alpha value is -1.95. The van der Waals surface area contributed by atoms with Crippen molar-refractivity contribution in [3.63, 3.8) is 0 Å². The van der Waals surface area contributed by atoms with Crippen LogP contribution in [0, 0.1) is 0 Å². The van der Waals surface area contributed by atoms with E-state index >= 15 is 0 Å². The monoisotopic (exact) mass is 292 g/mol. The predicted octanol–water partition coefficient (Wildman–Crippen LogP) is 3.14. The van der Waals surface area contributed by atoms with Gasteiger partial charge in [0.1, 0.15) is 0 Å². The molecule has 0 radical (unpaired) electrons. The molecule has 1 N–H and O–H groups in total. The van der Waals surface area contributed by atoms with E-state index in [4.69, 9.17) is 14.3 Å². The first kappa shape index (κ1) is 14.0. The van der Waals surface area contributed by atoms with Gasteiger partial charge < -0.3 is 14.8 Å². The van der Waals surface area contributed by atoms with Crippen molar-refractivity contribution in [3.05, 3.63) is 18.2 Å². The third-order valence-electron chi connectivity index (χ3n) is 3.96. The Morgan fingerprint density at radius 2 is 1.95 bits per heavy atom. The zero-order chi connectivity index (χ0) is 14.9. The van der Waals surface area contributed by atoms with Crippen LogP contribution in [-0.4, -0.2) is 31.0 Å². The minimum atomic E-state index is -0.494. The number of benzene rings is 1. The van der Waals surface area contributed by atoms with Crippen LogP contribution >= 0.6 is 0 Å². The fraction of sp³-hybridized carbons (Fsp3) is 0.533. The van der Waals surface area contributed by atoms with Crippen molar-refractivity contribution in [2.45, 2.75) is 37.9 Å². The summed E-state index contributed by atoms with van der Waals surface area (Å²) in [6.45, 7) is 0. The standard InChI is InChI=1S/C15H20N2O4/c1-17(19-2)14(18)16-11-6-7-12-13(10-11)21-15(20-12)8-4-3-5-9-15/h6-7,10H,3-5,8-9H2,1-2H3,(H,16,18). The van der Waals surface area contributed by atoms with E-state index < -0.39 is 5.79 Å². The molecule has 114 valence electrons. The van der Waals surface area contributed by atoms with Gasteiger partial charge in [0.15, 0.2) is 11.5 Å². The Balaban J connectivity index is 1.72. The first-order chi connectivity index (χ1) is 10.1. The summed E-state index contributed by atoms with van der Waals surface area (Å²) < 4.78 is 12.0. The van der Waals surface area contributed by atoms with Crippen LogP contribution < -0.4 is 14.8 Å². The van der Waals surface area contributed by atoms with Gasteiger partial charge in [-0.25, -0.2) is 9.86 Å². The van der Waals surface area contributed by atoms with Crippen LogP contribution in [-0.2, 0) is 4.84 Å². The molecule has 2 aliphatic rings. The molecule has 6 nitrogen and oxygen atoms in total. The summed E-state index contributed by atoms with van der Waals surface area (Å²) in [7, 11) is 2.98. The lowest BCUT2D eigenvalue weighted by Crippen LogP contribution is -2.40. The molecular weight excluding hydrogens is 272 g/mol. The van der Waals surface area contributed by atoms with E-state index in [9.17, 15) is 4.79 Å². The number of hydroxylamine groups is 2. The van der Waals surface area contributed by atoms with Gasteiger partial charge in [0, 0.05) is 31.6 Å². The average molecular weight is 292 g/mol. The highest BCUT2D eigenvalue weighted by Gasteiger charge is 2.42. The van der Waals surface area contributed by atoms with Gasteiger partial charge in [0.25, 0.3) is 5.79 Å². The van der Waals surface area contributed by atoms with E-state index in [-0.39, 0.29) is 6.03 Å². The summed E-state index contributed by atoms with van der Waals surface area (Å²) in [4.78, 5) is 16.6. The van der Waals surface area contributed by atoms with Gasteiger partial charge >= 0.3 is 6.03 Å². The summed E-state index contributed by atoms with van der Waals surface area (Å²) in [6.07, 6.45) is 5.30. The molecule has 1 spiro atoms. The second-order valence-corrected chi connectivity index (χ2v) is 5.45. The number of amides is 2. The number of carbonyl (C=O) groups is 1. The highest BCUT2D eigenvalue weighted by molar-refractivity contribution is 5.88. The lowest BCUT2D eigenvalue weighted by atomic mass is 9.94. The summed E-state index contributed by atoms with van der Waals surface area (Å²) >= 11 is 0. The molecule has 0 atom stereocenters. The predicted molar refractivity (Wildman–Crippen MR) is 77.3 cm³/mol. The summed E-state index contributed by atoms with van der Waals surface area (Å²) in [5, 5.41) is 3.86. The molecule has 1 saturated carbocycles. The first-order valence-corrected chi connectivity index (χ1v) is 7.23. The summed E-state index contributed by atoms with van der Waals surface area (Å²) in [6, 6.07) is 5.08. The van der Waals surface area contributed by atoms with E-state index in [0.29, 0.717) is 11.4 Å². The molecule has 2 amide bonds. The van der Waals surface area contributed by atoms with Gasteiger partial charge in [-0.15, -0.1) is 0 Å². The number of hydrogen-bond acceptors (Lipinski definition) is 4. The Kier molecular flexibility index (Phi) is 3.63. The van der Waals surface area contributed by atoms with Gasteiger partial charge in [-0.05, 0) is 25.0 Å². The fourth-order valence-corrected chi connectivity index (χ4v) is 2.75. The van der Waals surface area contributed by atoms with Crippen LogP contribution in [0.1, 0.15) is 32.1 Å². The van der Waals surface area contributed by atoms with Crippen molar-refractivity contribution in [1.29, 1.82) is 0 Å². The Bertz CT molecular complexity index is 540. The molecule has 1 aliphatic carbocycles. The van der Waals surface area contributed by atoms with Crippen molar-refractivity contribution in [1.82, 2.24) is 5.06 Å². The van der Waals surface area contributed by atoms with E-state index in [1.54, 1.807) is 19.2 Å². The minimum Gasteiger partial charge on any atom is -0.448 e. The van der Waals surface area contributed by atoms with Crippen LogP contribution in [0.2, 0.25) is 0 Å². The topological polar surface area (TPSA) is 60.0 Å². The molecule has 1 fully saturated rings. The molecule has 1 aliphatic heterocycles. The van der Waals surface area contributed by atoms with Crippen LogP contribution in [0.4, 0.5) is 10.5 Å². The molecule has 1 heterocycles. The molecule has 6 heteroatoms. The van der Waals surface area contributed by atoms with Crippen molar-refractivity contribution >= 4 is 11.7 Å². The van der Waals surface area contributed by atoms with Gasteiger partial charge in [-0.3, -0.25) is 4.84 Å². The maximum atomic E-state index is 11.8. The summed E-state index contributed by atoms with van der Waals surface area (Å²) in [5.74, 6) is 0.941. The third kappa shape index (κ3) is 2.76. The molecule has 0 unspecified atom stereocenters. The molecule has 21 heavy (non-hydrogen) atoms. The molecule has 3 rings (SSSR count). The number of nitrogens with zero attached hydrogens (tertiary/aromatic N) is 1. The van der Waals surface area contributed by atoms with Crippen LogP contribution in [0.25, 0.3) is 0 Å². The van der Waals surface area contributed by atoms with Crippen molar-refractivity contribution < 1.29 is 19.1 Å². The van der Waals surface area contributed by atoms with E-state index in [0.717, 1.165) is 36.5 Å². The minimum absolute atomic E-state index is 0.344. The number of fused-ring (bicyclic) bond motifs is 1. The number of ether oxygens (including phenoxy) is 2. The molecule has 0 saturated heterocycles. The lowest BCUT2D eigenvalue weighted by Gasteiger charge is -2.31. The number of carbonyl (C=O) groups excluding carboxylic acids is 1. The van der Waals surface area contributed by atoms with E-state index in [1.807, 2.05) is 6.07 Å². The zero-order valence-corrected chi connectivity index (χ0v) is 12.3. The van der Waals surface area contributed by atoms with Gasteiger partial charge in [0.05, 0.1) is 7.11 Å². The van der Waals surface area contributed by atoms with Gasteiger partial charge in [-0.2, -0.15) is 0 Å². The van der Waals surface area contributed by atoms with Gasteiger partial charge in [0.2, 0.25) is 0 Å². The molecule has 0 aromatic heterocycles. The number of rotatable bonds is 2. The van der Waals surface area contributed by atoms with Crippen molar-refractivity contribution in [2.24, 2.45) is 0 Å². The second kappa shape index (κ2) is 5.44. The maximum Gasteiger partial charge on any atom is 0.345 e. The molecule has 0 bridgehead atoms. The quantitative estimate of drug-likeness (QED) is 0.851. The molecule has 1 aromatic rings. The van der Waals surface area contributed by atoms with Crippen LogP contribution in [0.3, 0.4) is 0 Å². The number of anilines is 1. The SMILES string of the molecule is CON(C)C(=O)Nc1ccc2c(c1)OC1(CCCCC1)O2. The Morgan fingerprint density at radius 1 is 1.24 bits per heavy atom. The van der Waals surface area contributed by atoms with E-state index in [2.05, 4.69) is 5.32 Å². The molecule has 1 aromatic carbocycles. The van der Waals surface area contributed by atoms with Crippen molar-refractivity contribution in [2.75, 3.05) is 19.5 Å². The van der Waals surface area contributed by atoms with Gasteiger partial charge in [-0.1, -0.05) is 6.42 Å². The first-order valence-electron chi connectivity index (χ1n) is 7.23. The second-order valence-electron chi connectivity index (χ2n) is 5.45. The highest BCUT2D eigenvalue weighted by atomic mass is 16.7. The average Bonchev–Trinajstić information content (AvgIpc) is 2.83. The highest BCUT2D eigenvalue weighted by Crippen LogP contribution is 2.46. The van der Waals surface area contributed by atoms with E-state index in [1.165, 1.54) is 13.5 Å². The number of nitrogens with one attached hydrogen (secondary N) is 1. The number of hydrogen-bond donors (Lipinski definition) is 1. The van der Waals surface area contributed by atoms with Crippen LogP contribution in [0.15, 0.2) is 18.2 Å². The zero-order valence-electron chi connectivity index (χ0n) is 12.3. The number of urea groups is 1. The molecular formula is C15H20N2O4. The maximum absolute atomic E-state index is 11.8. The fourth-order valence-electron chi connectivity index (χ4n) is 2.75. The normalized spacial score (nSPS) is 18.6. The Labute approximate surface area is 123 Å². The smallest absolute Gasteiger partial charge is 0.345 e. The third-order valence-corrected chi connectivity index (χ3v) is 3.96. The lowest BCUT2D eigenvalue weighted by molar-refractivity contribution is -0.105. The van der Waals surface area contributed by atoms with Crippen LogP contribution in [0.5, 0.6) is 11.5 Å². The Morgan fingerprint density at radius 3 is 2.67 bits per heavy atom. The largest absolute Gasteiger partial charge is 0.448 e. The summed E-state index contributed by atoms with van der Waals surface area (Å²) in [5.41, 5.74) is 0.652.